The van der Waals surface area contributed by atoms with Gasteiger partial charge in [0.05, 0.1) is 19.4 Å². The lowest BCUT2D eigenvalue weighted by Crippen LogP contribution is -2.37. The molecule has 1 radical (unpaired) electrons. The summed E-state index contributed by atoms with van der Waals surface area (Å²) >= 11 is 0. The first kappa shape index (κ1) is 11.8. The van der Waals surface area contributed by atoms with Gasteiger partial charge in [0.2, 0.25) is 0 Å². The Hall–Kier alpha value is -1.32. The van der Waals surface area contributed by atoms with E-state index in [1.165, 1.54) is 17.3 Å². The lowest BCUT2D eigenvalue weighted by atomic mass is 10.2. The van der Waals surface area contributed by atoms with E-state index in [4.69, 9.17) is 4.74 Å². The van der Waals surface area contributed by atoms with Gasteiger partial charge < -0.3 is 9.30 Å². The van der Waals surface area contributed by atoms with Crippen molar-refractivity contribution in [2.24, 2.45) is 0 Å². The van der Waals surface area contributed by atoms with E-state index >= 15 is 0 Å². The van der Waals surface area contributed by atoms with Crippen molar-refractivity contribution in [1.29, 1.82) is 0 Å². The van der Waals surface area contributed by atoms with E-state index in [2.05, 4.69) is 46.0 Å². The Morgan fingerprint density at radius 3 is 2.83 bits per heavy atom. The predicted octanol–water partition coefficient (Wildman–Crippen LogP) is 2.16. The first-order valence-electron chi connectivity index (χ1n) is 6.69. The van der Waals surface area contributed by atoms with E-state index in [-0.39, 0.29) is 0 Å². The summed E-state index contributed by atoms with van der Waals surface area (Å²) in [5.41, 5.74) is 1.29. The summed E-state index contributed by atoms with van der Waals surface area (Å²) in [4.78, 5) is 2.48. The van der Waals surface area contributed by atoms with Crippen molar-refractivity contribution in [3.8, 4) is 0 Å². The van der Waals surface area contributed by atoms with Crippen molar-refractivity contribution in [3.63, 3.8) is 0 Å². The van der Waals surface area contributed by atoms with Gasteiger partial charge in [-0.15, -0.1) is 0 Å². The molecule has 0 bridgehead atoms. The number of nitrogens with zero attached hydrogens (tertiary/aromatic N) is 2. The maximum Gasteiger partial charge on any atom is 0.0659 e. The minimum atomic E-state index is 0.887. The van der Waals surface area contributed by atoms with Crippen LogP contribution >= 0.6 is 0 Å². The monoisotopic (exact) mass is 243 g/mol. The second kappa shape index (κ2) is 5.55. The van der Waals surface area contributed by atoms with Crippen molar-refractivity contribution in [1.82, 2.24) is 9.47 Å². The zero-order valence-electron chi connectivity index (χ0n) is 10.6. The molecule has 0 amide bonds. The van der Waals surface area contributed by atoms with Gasteiger partial charge in [-0.3, -0.25) is 4.90 Å². The number of aryl methyl sites for hydroxylation is 1. The van der Waals surface area contributed by atoms with Crippen molar-refractivity contribution >= 4 is 10.9 Å². The van der Waals surface area contributed by atoms with Crippen LogP contribution in [-0.2, 0) is 11.3 Å². The molecule has 3 heteroatoms. The van der Waals surface area contributed by atoms with E-state index in [9.17, 15) is 0 Å². The maximum absolute atomic E-state index is 5.36. The van der Waals surface area contributed by atoms with E-state index in [1.54, 1.807) is 0 Å². The van der Waals surface area contributed by atoms with Crippen LogP contribution < -0.4 is 0 Å². The number of hydrogen-bond acceptors (Lipinski definition) is 2. The van der Waals surface area contributed by atoms with Gasteiger partial charge in [-0.25, -0.2) is 0 Å². The summed E-state index contributed by atoms with van der Waals surface area (Å²) in [6.45, 7) is 6.14. The third-order valence-electron chi connectivity index (χ3n) is 3.56. The molecule has 3 rings (SSSR count). The first-order chi connectivity index (χ1) is 8.93. The van der Waals surface area contributed by atoms with Gasteiger partial charge >= 0.3 is 0 Å². The molecule has 0 saturated carbocycles. The molecule has 0 spiro atoms. The fourth-order valence-electron chi connectivity index (χ4n) is 2.53. The van der Waals surface area contributed by atoms with E-state index in [0.29, 0.717) is 0 Å². The van der Waals surface area contributed by atoms with Crippen LogP contribution in [0.1, 0.15) is 6.42 Å². The van der Waals surface area contributed by atoms with Crippen LogP contribution in [0.25, 0.3) is 10.9 Å². The number of benzene rings is 1. The van der Waals surface area contributed by atoms with Crippen LogP contribution in [0.5, 0.6) is 0 Å². The molecule has 0 atom stereocenters. The Balaban J connectivity index is 1.56. The van der Waals surface area contributed by atoms with Crippen LogP contribution in [0.2, 0.25) is 0 Å². The van der Waals surface area contributed by atoms with Crippen molar-refractivity contribution < 1.29 is 4.74 Å². The van der Waals surface area contributed by atoms with Crippen LogP contribution in [-0.4, -0.2) is 42.3 Å². The minimum absolute atomic E-state index is 0.887. The predicted molar refractivity (Wildman–Crippen MR) is 72.7 cm³/mol. The number of para-hydroxylation sites is 1. The zero-order valence-corrected chi connectivity index (χ0v) is 10.6. The molecule has 1 aliphatic rings. The molecule has 18 heavy (non-hydrogen) atoms. The second-order valence-electron chi connectivity index (χ2n) is 4.79. The lowest BCUT2D eigenvalue weighted by Gasteiger charge is -2.26. The number of ether oxygens (including phenoxy) is 1. The van der Waals surface area contributed by atoms with Crippen molar-refractivity contribution in [2.75, 3.05) is 32.8 Å². The highest BCUT2D eigenvalue weighted by Gasteiger charge is 2.09. The first-order valence-corrected chi connectivity index (χ1v) is 6.69. The van der Waals surface area contributed by atoms with Crippen molar-refractivity contribution in [2.45, 2.75) is 13.0 Å². The SMILES string of the molecule is [c]1cc2ccccc2n1CCCN1CCOCC1. The van der Waals surface area contributed by atoms with Crippen LogP contribution in [0.3, 0.4) is 0 Å². The highest BCUT2D eigenvalue weighted by Crippen LogP contribution is 2.14. The van der Waals surface area contributed by atoms with Gasteiger partial charge in [0.15, 0.2) is 0 Å². The van der Waals surface area contributed by atoms with E-state index < -0.39 is 0 Å². The van der Waals surface area contributed by atoms with Gasteiger partial charge in [0.25, 0.3) is 0 Å². The Bertz CT molecular complexity index is 500. The average Bonchev–Trinajstić information content (AvgIpc) is 2.84. The summed E-state index contributed by atoms with van der Waals surface area (Å²) in [7, 11) is 0. The van der Waals surface area contributed by atoms with Gasteiger partial charge in [-0.05, 0) is 18.6 Å². The zero-order chi connectivity index (χ0) is 12.2. The topological polar surface area (TPSA) is 17.4 Å². The average molecular weight is 243 g/mol. The highest BCUT2D eigenvalue weighted by molar-refractivity contribution is 5.79. The number of morpholine rings is 1. The molecule has 1 fully saturated rings. The molecular weight excluding hydrogens is 224 g/mol. The van der Waals surface area contributed by atoms with E-state index in [1.807, 2.05) is 0 Å². The Morgan fingerprint density at radius 1 is 1.11 bits per heavy atom. The van der Waals surface area contributed by atoms with E-state index in [0.717, 1.165) is 39.4 Å². The third kappa shape index (κ3) is 2.57. The Kier molecular flexibility index (Phi) is 3.62. The second-order valence-corrected chi connectivity index (χ2v) is 4.79. The lowest BCUT2D eigenvalue weighted by molar-refractivity contribution is 0.0369. The molecule has 3 nitrogen and oxygen atoms in total. The van der Waals surface area contributed by atoms with Gasteiger partial charge in [-0.1, -0.05) is 18.2 Å². The number of fused-ring (bicyclic) bond motifs is 1. The number of rotatable bonds is 4. The molecule has 2 heterocycles. The smallest absolute Gasteiger partial charge is 0.0659 e. The third-order valence-corrected chi connectivity index (χ3v) is 3.56. The molecular formula is C15H19N2O. The number of hydrogen-bond donors (Lipinski definition) is 0. The summed E-state index contributed by atoms with van der Waals surface area (Å²) in [6, 6.07) is 10.6. The molecule has 2 aromatic rings. The molecule has 0 unspecified atom stereocenters. The van der Waals surface area contributed by atoms with Crippen LogP contribution in [0.15, 0.2) is 30.3 Å². The molecule has 1 saturated heterocycles. The quantitative estimate of drug-likeness (QED) is 0.819. The normalized spacial score (nSPS) is 17.3. The standard InChI is InChI=1S/C15H19N2O/c1-2-5-15-14(4-1)6-9-17(15)8-3-7-16-10-12-18-13-11-16/h1-2,4-6H,3,7-8,10-13H2. The maximum atomic E-state index is 5.36. The highest BCUT2D eigenvalue weighted by atomic mass is 16.5. The fraction of sp³-hybridized carbons (Fsp3) is 0.467. The molecule has 0 N–H and O–H groups in total. The molecule has 1 aliphatic heterocycles. The molecule has 95 valence electrons. The molecule has 1 aromatic carbocycles. The van der Waals surface area contributed by atoms with Gasteiger partial charge in [0, 0.05) is 37.1 Å². The largest absolute Gasteiger partial charge is 0.379 e. The van der Waals surface area contributed by atoms with Gasteiger partial charge in [-0.2, -0.15) is 0 Å². The fourth-order valence-corrected chi connectivity index (χ4v) is 2.53. The summed E-state index contributed by atoms with van der Waals surface area (Å²) < 4.78 is 7.59. The Morgan fingerprint density at radius 2 is 1.94 bits per heavy atom. The minimum Gasteiger partial charge on any atom is -0.379 e. The number of aromatic nitrogens is 1. The van der Waals surface area contributed by atoms with Crippen molar-refractivity contribution in [3.05, 3.63) is 36.5 Å². The van der Waals surface area contributed by atoms with Crippen LogP contribution in [0, 0.1) is 6.20 Å². The summed E-state index contributed by atoms with van der Waals surface area (Å²) in [5.74, 6) is 0. The summed E-state index contributed by atoms with van der Waals surface area (Å²) in [5, 5.41) is 1.28. The Labute approximate surface area is 108 Å². The summed E-state index contributed by atoms with van der Waals surface area (Å²) in [6.07, 6.45) is 4.50. The molecule has 0 aliphatic carbocycles. The van der Waals surface area contributed by atoms with Gasteiger partial charge in [0.1, 0.15) is 0 Å². The van der Waals surface area contributed by atoms with Crippen LogP contribution in [0.4, 0.5) is 0 Å². The molecule has 1 aromatic heterocycles.